The highest BCUT2D eigenvalue weighted by Crippen LogP contribution is 2.14. The SMILES string of the molecule is CCNC(=NCC(C)Oc1cccc(C)c1)NCCc1c(C)nn(C)c1C.I. The minimum Gasteiger partial charge on any atom is -0.489 e. The first-order chi connectivity index (χ1) is 12.9. The highest BCUT2D eigenvalue weighted by atomic mass is 127. The molecule has 0 aliphatic carbocycles. The number of hydrogen-bond donors (Lipinski definition) is 2. The van der Waals surface area contributed by atoms with Gasteiger partial charge >= 0.3 is 0 Å². The van der Waals surface area contributed by atoms with Crippen LogP contribution in [0.3, 0.4) is 0 Å². The summed E-state index contributed by atoms with van der Waals surface area (Å²) >= 11 is 0. The average Bonchev–Trinajstić information content (AvgIpc) is 2.85. The van der Waals surface area contributed by atoms with E-state index in [-0.39, 0.29) is 30.1 Å². The fourth-order valence-corrected chi connectivity index (χ4v) is 3.00. The topological polar surface area (TPSA) is 63.5 Å². The second-order valence-corrected chi connectivity index (χ2v) is 6.91. The van der Waals surface area contributed by atoms with Gasteiger partial charge in [-0.3, -0.25) is 4.68 Å². The lowest BCUT2D eigenvalue weighted by Crippen LogP contribution is -2.39. The lowest BCUT2D eigenvalue weighted by Gasteiger charge is -2.15. The average molecular weight is 499 g/mol. The maximum absolute atomic E-state index is 5.96. The maximum atomic E-state index is 5.96. The molecule has 2 rings (SSSR count). The summed E-state index contributed by atoms with van der Waals surface area (Å²) in [5.74, 6) is 1.70. The number of aryl methyl sites for hydroxylation is 3. The van der Waals surface area contributed by atoms with E-state index in [1.54, 1.807) is 0 Å². The van der Waals surface area contributed by atoms with Crippen molar-refractivity contribution >= 4 is 29.9 Å². The number of rotatable bonds is 8. The van der Waals surface area contributed by atoms with Crippen LogP contribution in [0.25, 0.3) is 0 Å². The molecule has 28 heavy (non-hydrogen) atoms. The molecule has 0 amide bonds. The second kappa shape index (κ2) is 11.9. The van der Waals surface area contributed by atoms with Gasteiger partial charge in [0, 0.05) is 25.8 Å². The number of nitrogens with one attached hydrogen (secondary N) is 2. The van der Waals surface area contributed by atoms with Gasteiger partial charge in [0.1, 0.15) is 11.9 Å². The first-order valence-corrected chi connectivity index (χ1v) is 9.65. The third-order valence-corrected chi connectivity index (χ3v) is 4.50. The van der Waals surface area contributed by atoms with Crippen molar-refractivity contribution in [3.8, 4) is 5.75 Å². The zero-order chi connectivity index (χ0) is 19.8. The lowest BCUT2D eigenvalue weighted by molar-refractivity contribution is 0.230. The minimum atomic E-state index is 0. The van der Waals surface area contributed by atoms with Crippen LogP contribution in [-0.4, -0.2) is 41.5 Å². The molecule has 156 valence electrons. The van der Waals surface area contributed by atoms with Gasteiger partial charge < -0.3 is 15.4 Å². The van der Waals surface area contributed by atoms with Crippen LogP contribution in [0.15, 0.2) is 29.3 Å². The normalized spacial score (nSPS) is 12.3. The van der Waals surface area contributed by atoms with Crippen molar-refractivity contribution in [3.05, 3.63) is 46.8 Å². The first-order valence-electron chi connectivity index (χ1n) is 9.65. The number of benzene rings is 1. The van der Waals surface area contributed by atoms with Gasteiger partial charge in [0.2, 0.25) is 0 Å². The number of aromatic nitrogens is 2. The fourth-order valence-electron chi connectivity index (χ4n) is 3.00. The van der Waals surface area contributed by atoms with E-state index in [1.807, 2.05) is 36.9 Å². The van der Waals surface area contributed by atoms with Crippen LogP contribution in [-0.2, 0) is 13.5 Å². The van der Waals surface area contributed by atoms with Crippen LogP contribution in [0.2, 0.25) is 0 Å². The van der Waals surface area contributed by atoms with Crippen LogP contribution < -0.4 is 15.4 Å². The molecule has 1 aromatic heterocycles. The molecule has 1 unspecified atom stereocenters. The number of halogens is 1. The van der Waals surface area contributed by atoms with Gasteiger partial charge in [-0.25, -0.2) is 4.99 Å². The standard InChI is InChI=1S/C21H33N5O.HI/c1-7-22-21(23-12-11-20-17(4)25-26(6)18(20)5)24-14-16(3)27-19-10-8-9-15(2)13-19;/h8-10,13,16H,7,11-12,14H2,1-6H3,(H2,22,23,24);1H. The summed E-state index contributed by atoms with van der Waals surface area (Å²) in [7, 11) is 1.99. The Balaban J connectivity index is 0.00000392. The van der Waals surface area contributed by atoms with Crippen molar-refractivity contribution in [3.63, 3.8) is 0 Å². The first kappa shape index (κ1) is 24.3. The number of nitrogens with zero attached hydrogens (tertiary/aromatic N) is 3. The van der Waals surface area contributed by atoms with Crippen LogP contribution in [0.1, 0.15) is 36.4 Å². The largest absolute Gasteiger partial charge is 0.489 e. The summed E-state index contributed by atoms with van der Waals surface area (Å²) < 4.78 is 7.90. The number of aliphatic imine (C=N–C) groups is 1. The molecule has 0 aliphatic heterocycles. The summed E-state index contributed by atoms with van der Waals surface area (Å²) in [6.07, 6.45) is 0.927. The van der Waals surface area contributed by atoms with Gasteiger partial charge in [-0.05, 0) is 64.3 Å². The summed E-state index contributed by atoms with van der Waals surface area (Å²) in [6, 6.07) is 8.10. The van der Waals surface area contributed by atoms with E-state index in [1.165, 1.54) is 16.8 Å². The minimum absolute atomic E-state index is 0. The highest BCUT2D eigenvalue weighted by Gasteiger charge is 2.09. The van der Waals surface area contributed by atoms with Crippen molar-refractivity contribution in [1.29, 1.82) is 0 Å². The molecule has 0 saturated heterocycles. The Labute approximate surface area is 186 Å². The van der Waals surface area contributed by atoms with Crippen molar-refractivity contribution in [2.75, 3.05) is 19.6 Å². The van der Waals surface area contributed by atoms with Crippen molar-refractivity contribution < 1.29 is 4.74 Å². The van der Waals surface area contributed by atoms with Crippen LogP contribution in [0.5, 0.6) is 5.75 Å². The molecular formula is C21H34IN5O. The van der Waals surface area contributed by atoms with Crippen molar-refractivity contribution in [2.45, 2.75) is 47.1 Å². The molecule has 2 N–H and O–H groups in total. The highest BCUT2D eigenvalue weighted by molar-refractivity contribution is 14.0. The second-order valence-electron chi connectivity index (χ2n) is 6.91. The smallest absolute Gasteiger partial charge is 0.191 e. The Morgan fingerprint density at radius 1 is 1.25 bits per heavy atom. The van der Waals surface area contributed by atoms with E-state index in [0.717, 1.165) is 36.9 Å². The fraction of sp³-hybridized carbons (Fsp3) is 0.524. The Bertz CT molecular complexity index is 772. The molecule has 1 atom stereocenters. The van der Waals surface area contributed by atoms with E-state index in [2.05, 4.69) is 54.5 Å². The molecule has 0 radical (unpaired) electrons. The zero-order valence-corrected chi connectivity index (χ0v) is 20.2. The monoisotopic (exact) mass is 499 g/mol. The summed E-state index contributed by atoms with van der Waals surface area (Å²) in [4.78, 5) is 4.66. The summed E-state index contributed by atoms with van der Waals surface area (Å²) in [5.41, 5.74) is 4.81. The Morgan fingerprint density at radius 2 is 2.00 bits per heavy atom. The molecule has 1 aromatic carbocycles. The third-order valence-electron chi connectivity index (χ3n) is 4.50. The predicted molar refractivity (Wildman–Crippen MR) is 127 cm³/mol. The zero-order valence-electron chi connectivity index (χ0n) is 17.9. The third kappa shape index (κ3) is 7.33. The number of hydrogen-bond acceptors (Lipinski definition) is 3. The van der Waals surface area contributed by atoms with Gasteiger partial charge in [-0.1, -0.05) is 12.1 Å². The molecule has 7 heteroatoms. The number of ether oxygens (including phenoxy) is 1. The molecule has 6 nitrogen and oxygen atoms in total. The number of guanidine groups is 1. The van der Waals surface area contributed by atoms with E-state index < -0.39 is 0 Å². The van der Waals surface area contributed by atoms with Crippen LogP contribution in [0, 0.1) is 20.8 Å². The van der Waals surface area contributed by atoms with Crippen LogP contribution in [0.4, 0.5) is 0 Å². The van der Waals surface area contributed by atoms with Crippen LogP contribution >= 0.6 is 24.0 Å². The molecule has 0 spiro atoms. The van der Waals surface area contributed by atoms with Gasteiger partial charge in [0.05, 0.1) is 12.2 Å². The van der Waals surface area contributed by atoms with Gasteiger partial charge in [-0.2, -0.15) is 5.10 Å². The van der Waals surface area contributed by atoms with E-state index in [0.29, 0.717) is 6.54 Å². The van der Waals surface area contributed by atoms with E-state index in [9.17, 15) is 0 Å². The van der Waals surface area contributed by atoms with E-state index >= 15 is 0 Å². The molecule has 2 aromatic rings. The lowest BCUT2D eigenvalue weighted by atomic mass is 10.1. The maximum Gasteiger partial charge on any atom is 0.191 e. The molecule has 0 aliphatic rings. The van der Waals surface area contributed by atoms with E-state index in [4.69, 9.17) is 4.74 Å². The Hall–Kier alpha value is -1.77. The molecule has 1 heterocycles. The van der Waals surface area contributed by atoms with Gasteiger partial charge in [0.15, 0.2) is 5.96 Å². The summed E-state index contributed by atoms with van der Waals surface area (Å²) in [6.45, 7) is 12.6. The summed E-state index contributed by atoms with van der Waals surface area (Å²) in [5, 5.41) is 11.2. The predicted octanol–water partition coefficient (Wildman–Crippen LogP) is 3.53. The van der Waals surface area contributed by atoms with Crippen molar-refractivity contribution in [2.24, 2.45) is 12.0 Å². The molecule has 0 bridgehead atoms. The van der Waals surface area contributed by atoms with Crippen molar-refractivity contribution in [1.82, 2.24) is 20.4 Å². The molecule has 0 fully saturated rings. The molecular weight excluding hydrogens is 465 g/mol. The Morgan fingerprint density at radius 3 is 2.61 bits per heavy atom. The quantitative estimate of drug-likeness (QED) is 0.332. The van der Waals surface area contributed by atoms with Gasteiger partial charge in [-0.15, -0.1) is 24.0 Å². The Kier molecular flexibility index (Phi) is 10.3. The van der Waals surface area contributed by atoms with Gasteiger partial charge in [0.25, 0.3) is 0 Å². The molecule has 0 saturated carbocycles.